The van der Waals surface area contributed by atoms with Crippen molar-refractivity contribution in [1.29, 1.82) is 0 Å². The highest BCUT2D eigenvalue weighted by Gasteiger charge is 2.26. The van der Waals surface area contributed by atoms with Crippen LogP contribution >= 0.6 is 11.3 Å². The summed E-state index contributed by atoms with van der Waals surface area (Å²) in [6.07, 6.45) is 7.90. The minimum absolute atomic E-state index is 0.182. The summed E-state index contributed by atoms with van der Waals surface area (Å²) in [5.41, 5.74) is 1.44. The third kappa shape index (κ3) is 4.29. The largest absolute Gasteiger partial charge is 0.314 e. The van der Waals surface area contributed by atoms with E-state index >= 15 is 0 Å². The molecule has 1 saturated carbocycles. The predicted octanol–water partition coefficient (Wildman–Crippen LogP) is 4.54. The van der Waals surface area contributed by atoms with Crippen LogP contribution in [-0.4, -0.2) is 17.6 Å². The second-order valence-electron chi connectivity index (χ2n) is 7.19. The molecule has 2 nitrogen and oxygen atoms in total. The van der Waals surface area contributed by atoms with Crippen molar-refractivity contribution in [3.8, 4) is 0 Å². The fourth-order valence-electron chi connectivity index (χ4n) is 3.02. The first kappa shape index (κ1) is 16.0. The van der Waals surface area contributed by atoms with Crippen LogP contribution in [-0.2, 0) is 11.8 Å². The van der Waals surface area contributed by atoms with Crippen molar-refractivity contribution in [2.75, 3.05) is 6.54 Å². The van der Waals surface area contributed by atoms with Gasteiger partial charge in [-0.1, -0.05) is 40.5 Å². The maximum atomic E-state index is 4.88. The van der Waals surface area contributed by atoms with Gasteiger partial charge >= 0.3 is 0 Å². The molecular weight excluding hydrogens is 264 g/mol. The van der Waals surface area contributed by atoms with Crippen molar-refractivity contribution in [2.45, 2.75) is 77.7 Å². The number of nitrogens with zero attached hydrogens (tertiary/aromatic N) is 1. The number of thiazole rings is 1. The number of hydrogen-bond donors (Lipinski definition) is 1. The summed E-state index contributed by atoms with van der Waals surface area (Å²) >= 11 is 1.86. The van der Waals surface area contributed by atoms with E-state index in [0.717, 1.165) is 12.5 Å². The molecule has 0 radical (unpaired) electrons. The Bertz CT molecular complexity index is 405. The molecule has 2 unspecified atom stereocenters. The van der Waals surface area contributed by atoms with E-state index in [-0.39, 0.29) is 5.41 Å². The zero-order valence-electron chi connectivity index (χ0n) is 13.5. The highest BCUT2D eigenvalue weighted by Crippen LogP contribution is 2.30. The minimum Gasteiger partial charge on any atom is -0.314 e. The number of hydrogen-bond acceptors (Lipinski definition) is 3. The summed E-state index contributed by atoms with van der Waals surface area (Å²) < 4.78 is 0. The highest BCUT2D eigenvalue weighted by molar-refractivity contribution is 7.09. The van der Waals surface area contributed by atoms with E-state index < -0.39 is 0 Å². The lowest BCUT2D eigenvalue weighted by Gasteiger charge is -2.32. The van der Waals surface area contributed by atoms with Gasteiger partial charge in [-0.25, -0.2) is 4.98 Å². The van der Waals surface area contributed by atoms with Gasteiger partial charge in [0.1, 0.15) is 0 Å². The van der Waals surface area contributed by atoms with E-state index in [4.69, 9.17) is 4.98 Å². The minimum atomic E-state index is 0.182. The van der Waals surface area contributed by atoms with Gasteiger partial charge in [0.15, 0.2) is 0 Å². The molecule has 1 aromatic rings. The van der Waals surface area contributed by atoms with E-state index in [0.29, 0.717) is 6.04 Å². The molecule has 1 aromatic heterocycles. The maximum absolute atomic E-state index is 4.88. The summed E-state index contributed by atoms with van der Waals surface area (Å²) in [5, 5.41) is 7.35. The quantitative estimate of drug-likeness (QED) is 0.862. The van der Waals surface area contributed by atoms with E-state index in [9.17, 15) is 0 Å². The first-order chi connectivity index (χ1) is 9.50. The molecule has 3 heteroatoms. The lowest BCUT2D eigenvalue weighted by atomic mass is 9.82. The SMILES string of the molecule is CCCNC1CCCCC1Cc1nc(C(C)(C)C)cs1. The molecule has 2 atom stereocenters. The van der Waals surface area contributed by atoms with Gasteiger partial charge in [-0.15, -0.1) is 11.3 Å². The smallest absolute Gasteiger partial charge is 0.0931 e. The molecule has 1 N–H and O–H groups in total. The van der Waals surface area contributed by atoms with Crippen molar-refractivity contribution in [2.24, 2.45) is 5.92 Å². The molecule has 0 aromatic carbocycles. The maximum Gasteiger partial charge on any atom is 0.0931 e. The summed E-state index contributed by atoms with van der Waals surface area (Å²) in [6, 6.07) is 0.714. The molecule has 0 bridgehead atoms. The molecule has 1 fully saturated rings. The third-order valence-corrected chi connectivity index (χ3v) is 5.19. The van der Waals surface area contributed by atoms with Gasteiger partial charge in [-0.05, 0) is 31.7 Å². The van der Waals surface area contributed by atoms with E-state index in [1.54, 1.807) is 0 Å². The number of rotatable bonds is 5. The monoisotopic (exact) mass is 294 g/mol. The molecule has 1 aliphatic rings. The van der Waals surface area contributed by atoms with Gasteiger partial charge in [-0.3, -0.25) is 0 Å². The lowest BCUT2D eigenvalue weighted by Crippen LogP contribution is -2.39. The highest BCUT2D eigenvalue weighted by atomic mass is 32.1. The molecule has 0 aliphatic heterocycles. The molecule has 0 spiro atoms. The molecule has 0 saturated heterocycles. The van der Waals surface area contributed by atoms with Crippen LogP contribution in [0.2, 0.25) is 0 Å². The van der Waals surface area contributed by atoms with Crippen LogP contribution in [0.1, 0.15) is 70.5 Å². The van der Waals surface area contributed by atoms with Gasteiger partial charge < -0.3 is 5.32 Å². The van der Waals surface area contributed by atoms with E-state index in [1.807, 2.05) is 11.3 Å². The molecule has 114 valence electrons. The lowest BCUT2D eigenvalue weighted by molar-refractivity contribution is 0.261. The Balaban J connectivity index is 1.97. The van der Waals surface area contributed by atoms with Crippen LogP contribution in [0.15, 0.2) is 5.38 Å². The topological polar surface area (TPSA) is 24.9 Å². The van der Waals surface area contributed by atoms with Crippen molar-refractivity contribution in [1.82, 2.24) is 10.3 Å². The standard InChI is InChI=1S/C17H30N2S/c1-5-10-18-14-9-7-6-8-13(14)11-16-19-15(12-20-16)17(2,3)4/h12-14,18H,5-11H2,1-4H3. The van der Waals surface area contributed by atoms with Gasteiger partial charge in [0, 0.05) is 23.3 Å². The summed E-state index contributed by atoms with van der Waals surface area (Å²) in [7, 11) is 0. The number of nitrogens with one attached hydrogen (secondary N) is 1. The molecule has 1 heterocycles. The molecule has 2 rings (SSSR count). The van der Waals surface area contributed by atoms with E-state index in [1.165, 1.54) is 49.2 Å². The summed E-state index contributed by atoms with van der Waals surface area (Å²) in [5.74, 6) is 0.786. The van der Waals surface area contributed by atoms with Crippen molar-refractivity contribution in [3.05, 3.63) is 16.1 Å². The van der Waals surface area contributed by atoms with Crippen LogP contribution in [0.25, 0.3) is 0 Å². The van der Waals surface area contributed by atoms with Gasteiger partial charge in [0.25, 0.3) is 0 Å². The molecule has 20 heavy (non-hydrogen) atoms. The molecular formula is C17H30N2S. The Morgan fingerprint density at radius 1 is 1.30 bits per heavy atom. The molecule has 0 amide bonds. The number of aromatic nitrogens is 1. The zero-order chi connectivity index (χ0) is 14.6. The predicted molar refractivity (Wildman–Crippen MR) is 88.6 cm³/mol. The van der Waals surface area contributed by atoms with Gasteiger partial charge in [0.05, 0.1) is 10.7 Å². The zero-order valence-corrected chi connectivity index (χ0v) is 14.4. The second kappa shape index (κ2) is 7.04. The van der Waals surface area contributed by atoms with Crippen LogP contribution in [0.4, 0.5) is 0 Å². The summed E-state index contributed by atoms with van der Waals surface area (Å²) in [4.78, 5) is 4.88. The third-order valence-electron chi connectivity index (χ3n) is 4.32. The second-order valence-corrected chi connectivity index (χ2v) is 8.13. The average Bonchev–Trinajstić information content (AvgIpc) is 2.86. The fourth-order valence-corrected chi connectivity index (χ4v) is 4.14. The first-order valence-electron chi connectivity index (χ1n) is 8.19. The fraction of sp³-hybridized carbons (Fsp3) is 0.824. The Labute approximate surface area is 128 Å². The molecule has 1 aliphatic carbocycles. The Hall–Kier alpha value is -0.410. The van der Waals surface area contributed by atoms with E-state index in [2.05, 4.69) is 38.4 Å². The average molecular weight is 295 g/mol. The summed E-state index contributed by atoms with van der Waals surface area (Å²) in [6.45, 7) is 10.2. The van der Waals surface area contributed by atoms with Gasteiger partial charge in [-0.2, -0.15) is 0 Å². The van der Waals surface area contributed by atoms with Crippen molar-refractivity contribution in [3.63, 3.8) is 0 Å². The normalized spacial score (nSPS) is 24.0. The van der Waals surface area contributed by atoms with Crippen molar-refractivity contribution < 1.29 is 0 Å². The Morgan fingerprint density at radius 2 is 2.05 bits per heavy atom. The van der Waals surface area contributed by atoms with Crippen LogP contribution in [0, 0.1) is 5.92 Å². The van der Waals surface area contributed by atoms with Crippen molar-refractivity contribution >= 4 is 11.3 Å². The van der Waals surface area contributed by atoms with Crippen LogP contribution in [0.3, 0.4) is 0 Å². The van der Waals surface area contributed by atoms with Crippen LogP contribution in [0.5, 0.6) is 0 Å². The van der Waals surface area contributed by atoms with Gasteiger partial charge in [0.2, 0.25) is 0 Å². The Morgan fingerprint density at radius 3 is 2.70 bits per heavy atom. The Kier molecular flexibility index (Phi) is 5.62. The van der Waals surface area contributed by atoms with Crippen LogP contribution < -0.4 is 5.32 Å². The first-order valence-corrected chi connectivity index (χ1v) is 9.07.